The van der Waals surface area contributed by atoms with E-state index in [0.29, 0.717) is 6.54 Å². The van der Waals surface area contributed by atoms with Crippen LogP contribution in [0.2, 0.25) is 0 Å². The fraction of sp³-hybridized carbons (Fsp3) is 0.556. The second-order valence-electron chi connectivity index (χ2n) is 3.48. The molecule has 0 unspecified atom stereocenters. The number of amides is 1. The number of alkyl halides is 3. The average Bonchev–Trinajstić information content (AvgIpc) is 2.60. The largest absolute Gasteiger partial charge is 0.405 e. The monoisotopic (exact) mass is 250 g/mol. The first kappa shape index (κ1) is 13.5. The lowest BCUT2D eigenvalue weighted by Crippen LogP contribution is -2.39. The summed E-state index contributed by atoms with van der Waals surface area (Å²) in [5, 5.41) is 8.49. The van der Waals surface area contributed by atoms with Crippen molar-refractivity contribution in [3.05, 3.63) is 18.0 Å². The molecule has 0 fully saturated rings. The predicted molar refractivity (Wildman–Crippen MR) is 54.0 cm³/mol. The summed E-state index contributed by atoms with van der Waals surface area (Å²) >= 11 is 0. The summed E-state index contributed by atoms with van der Waals surface area (Å²) in [6.45, 7) is -1.15. The van der Waals surface area contributed by atoms with E-state index in [4.69, 9.17) is 0 Å². The lowest BCUT2D eigenvalue weighted by Gasteiger charge is -2.08. The van der Waals surface area contributed by atoms with Crippen LogP contribution in [0.25, 0.3) is 0 Å². The molecule has 0 saturated heterocycles. The lowest BCUT2D eigenvalue weighted by atomic mass is 10.4. The third-order valence-corrected chi connectivity index (χ3v) is 1.85. The SMILES string of the molecule is Cn1ccc(CNCC(=O)NCC(F)(F)F)n1. The van der Waals surface area contributed by atoms with Crippen LogP contribution >= 0.6 is 0 Å². The maximum absolute atomic E-state index is 11.8. The molecule has 17 heavy (non-hydrogen) atoms. The van der Waals surface area contributed by atoms with Gasteiger partial charge < -0.3 is 10.6 Å². The van der Waals surface area contributed by atoms with Crippen LogP contribution in [-0.4, -0.2) is 35.0 Å². The number of carbonyl (C=O) groups excluding carboxylic acids is 1. The first-order valence-electron chi connectivity index (χ1n) is 4.89. The summed E-state index contributed by atoms with van der Waals surface area (Å²) in [6.07, 6.45) is -2.64. The second kappa shape index (κ2) is 5.67. The molecule has 96 valence electrons. The van der Waals surface area contributed by atoms with Crippen molar-refractivity contribution >= 4 is 5.91 Å². The molecule has 0 radical (unpaired) electrons. The summed E-state index contributed by atoms with van der Waals surface area (Å²) in [5.74, 6) is -0.696. The van der Waals surface area contributed by atoms with Crippen molar-refractivity contribution in [1.29, 1.82) is 0 Å². The van der Waals surface area contributed by atoms with Gasteiger partial charge in [0.1, 0.15) is 6.54 Å². The van der Waals surface area contributed by atoms with Crippen molar-refractivity contribution in [2.24, 2.45) is 7.05 Å². The molecule has 0 spiro atoms. The Hall–Kier alpha value is -1.57. The number of halogens is 3. The molecule has 1 heterocycles. The van der Waals surface area contributed by atoms with Crippen molar-refractivity contribution in [3.8, 4) is 0 Å². The van der Waals surface area contributed by atoms with Gasteiger partial charge >= 0.3 is 6.18 Å². The van der Waals surface area contributed by atoms with Gasteiger partial charge in [0, 0.05) is 19.8 Å². The molecule has 8 heteroatoms. The third-order valence-electron chi connectivity index (χ3n) is 1.85. The van der Waals surface area contributed by atoms with Gasteiger partial charge in [-0.25, -0.2) is 0 Å². The minimum absolute atomic E-state index is 0.174. The van der Waals surface area contributed by atoms with Crippen LogP contribution in [0.4, 0.5) is 13.2 Å². The fourth-order valence-corrected chi connectivity index (χ4v) is 1.12. The number of nitrogens with zero attached hydrogens (tertiary/aromatic N) is 2. The first-order valence-corrected chi connectivity index (χ1v) is 4.89. The number of aromatic nitrogens is 2. The Morgan fingerprint density at radius 2 is 2.24 bits per heavy atom. The van der Waals surface area contributed by atoms with E-state index >= 15 is 0 Å². The first-order chi connectivity index (χ1) is 7.87. The van der Waals surface area contributed by atoms with E-state index in [-0.39, 0.29) is 6.54 Å². The minimum atomic E-state index is -4.38. The molecule has 0 aliphatic carbocycles. The third kappa shape index (κ3) is 5.91. The Balaban J connectivity index is 2.16. The van der Waals surface area contributed by atoms with Crippen LogP contribution in [0.5, 0.6) is 0 Å². The molecule has 1 aromatic rings. The predicted octanol–water partition coefficient (Wildman–Crippen LogP) is 0.188. The minimum Gasteiger partial charge on any atom is -0.346 e. The molecule has 1 amide bonds. The van der Waals surface area contributed by atoms with Crippen LogP contribution in [0.15, 0.2) is 12.3 Å². The van der Waals surface area contributed by atoms with Gasteiger partial charge in [-0.3, -0.25) is 9.48 Å². The summed E-state index contributed by atoms with van der Waals surface area (Å²) in [7, 11) is 1.75. The number of nitrogens with one attached hydrogen (secondary N) is 2. The zero-order valence-electron chi connectivity index (χ0n) is 9.21. The van der Waals surface area contributed by atoms with Crippen molar-refractivity contribution in [1.82, 2.24) is 20.4 Å². The highest BCUT2D eigenvalue weighted by Crippen LogP contribution is 2.11. The van der Waals surface area contributed by atoms with Crippen LogP contribution < -0.4 is 10.6 Å². The molecule has 0 aliphatic rings. The topological polar surface area (TPSA) is 59.0 Å². The van der Waals surface area contributed by atoms with Gasteiger partial charge in [0.05, 0.1) is 12.2 Å². The summed E-state index contributed by atoms with van der Waals surface area (Å²) in [4.78, 5) is 11.0. The fourth-order valence-electron chi connectivity index (χ4n) is 1.12. The van der Waals surface area contributed by atoms with E-state index in [1.807, 2.05) is 0 Å². The van der Waals surface area contributed by atoms with E-state index in [9.17, 15) is 18.0 Å². The highest BCUT2D eigenvalue weighted by molar-refractivity contribution is 5.77. The molecule has 0 atom stereocenters. The summed E-state index contributed by atoms with van der Waals surface area (Å²) in [5.41, 5.74) is 0.719. The van der Waals surface area contributed by atoms with Crippen molar-refractivity contribution in [2.45, 2.75) is 12.7 Å². The van der Waals surface area contributed by atoms with Crippen LogP contribution in [-0.2, 0) is 18.4 Å². The maximum atomic E-state index is 11.8. The molecule has 5 nitrogen and oxygen atoms in total. The van der Waals surface area contributed by atoms with E-state index in [0.717, 1.165) is 5.69 Å². The molecule has 2 N–H and O–H groups in total. The van der Waals surface area contributed by atoms with Crippen molar-refractivity contribution in [3.63, 3.8) is 0 Å². The molecule has 0 bridgehead atoms. The highest BCUT2D eigenvalue weighted by atomic mass is 19.4. The highest BCUT2D eigenvalue weighted by Gasteiger charge is 2.27. The second-order valence-corrected chi connectivity index (χ2v) is 3.48. The van der Waals surface area contributed by atoms with Crippen molar-refractivity contribution in [2.75, 3.05) is 13.1 Å². The molecule has 1 aromatic heterocycles. The molecular weight excluding hydrogens is 237 g/mol. The van der Waals surface area contributed by atoms with Gasteiger partial charge in [0.15, 0.2) is 0 Å². The Bertz CT molecular complexity index is 375. The van der Waals surface area contributed by atoms with E-state index in [1.54, 1.807) is 29.3 Å². The summed E-state index contributed by atoms with van der Waals surface area (Å²) in [6, 6.07) is 1.75. The van der Waals surface area contributed by atoms with E-state index in [2.05, 4.69) is 10.4 Å². The quantitative estimate of drug-likeness (QED) is 0.784. The standard InChI is InChI=1S/C9H13F3N4O/c1-16-3-2-7(15-16)4-13-5-8(17)14-6-9(10,11)12/h2-3,13H,4-6H2,1H3,(H,14,17). The number of carbonyl (C=O) groups is 1. The smallest absolute Gasteiger partial charge is 0.346 e. The molecule has 1 rings (SSSR count). The number of hydrogen-bond donors (Lipinski definition) is 2. The van der Waals surface area contributed by atoms with Crippen LogP contribution in [0.3, 0.4) is 0 Å². The van der Waals surface area contributed by atoms with E-state index in [1.165, 1.54) is 0 Å². The van der Waals surface area contributed by atoms with Gasteiger partial charge in [0.2, 0.25) is 5.91 Å². The van der Waals surface area contributed by atoms with Gasteiger partial charge in [0.25, 0.3) is 0 Å². The summed E-state index contributed by atoms with van der Waals surface area (Å²) < 4.78 is 36.9. The van der Waals surface area contributed by atoms with Gasteiger partial charge in [-0.15, -0.1) is 0 Å². The number of rotatable bonds is 5. The normalized spacial score (nSPS) is 11.5. The Morgan fingerprint density at radius 3 is 2.76 bits per heavy atom. The Labute approximate surface area is 96.0 Å². The van der Waals surface area contributed by atoms with Crippen molar-refractivity contribution < 1.29 is 18.0 Å². The van der Waals surface area contributed by atoms with Gasteiger partial charge in [-0.2, -0.15) is 18.3 Å². The Morgan fingerprint density at radius 1 is 1.53 bits per heavy atom. The van der Waals surface area contributed by atoms with E-state index < -0.39 is 18.6 Å². The average molecular weight is 250 g/mol. The zero-order chi connectivity index (χ0) is 12.9. The Kier molecular flexibility index (Phi) is 4.50. The molecule has 0 saturated carbocycles. The number of hydrogen-bond acceptors (Lipinski definition) is 3. The maximum Gasteiger partial charge on any atom is 0.405 e. The molecule has 0 aliphatic heterocycles. The van der Waals surface area contributed by atoms with Crippen LogP contribution in [0, 0.1) is 0 Å². The van der Waals surface area contributed by atoms with Gasteiger partial charge in [-0.05, 0) is 6.07 Å². The van der Waals surface area contributed by atoms with Gasteiger partial charge in [-0.1, -0.05) is 0 Å². The molecule has 0 aromatic carbocycles. The zero-order valence-corrected chi connectivity index (χ0v) is 9.21. The number of aryl methyl sites for hydroxylation is 1. The van der Waals surface area contributed by atoms with Crippen LogP contribution in [0.1, 0.15) is 5.69 Å². The molecular formula is C9H13F3N4O. The lowest BCUT2D eigenvalue weighted by molar-refractivity contribution is -0.137.